The highest BCUT2D eigenvalue weighted by molar-refractivity contribution is 8.03. The maximum atomic E-state index is 9.83. The van der Waals surface area contributed by atoms with Gasteiger partial charge in [-0.25, -0.2) is 0 Å². The lowest BCUT2D eigenvalue weighted by Gasteiger charge is -2.17. The molecular weight excluding hydrogens is 416 g/mol. The summed E-state index contributed by atoms with van der Waals surface area (Å²) in [5, 5.41) is 22.0. The fraction of sp³-hybridized carbons (Fsp3) is 0.208. The Bertz CT molecular complexity index is 1130. The standard InChI is InChI=1S/C24H24ClN2O2S/c1-2-27-22-14-18(25)10-11-23(22)30-24(27)9-5-6-17-12-13-26(15-19(29)16-28)21-8-4-3-7-20(17)21/h3-14,19,28-29H,2,15-16H2,1H3/q+1. The smallest absolute Gasteiger partial charge is 0.213 e. The second-order valence-corrected chi connectivity index (χ2v) is 8.60. The van der Waals surface area contributed by atoms with Gasteiger partial charge in [0.05, 0.1) is 22.7 Å². The minimum atomic E-state index is -0.779. The van der Waals surface area contributed by atoms with Gasteiger partial charge in [-0.05, 0) is 42.8 Å². The van der Waals surface area contributed by atoms with Crippen LogP contribution in [0.3, 0.4) is 0 Å². The number of nitrogens with zero attached hydrogens (tertiary/aromatic N) is 2. The molecule has 2 aromatic carbocycles. The Hall–Kier alpha value is -2.31. The lowest BCUT2D eigenvalue weighted by atomic mass is 10.1. The molecule has 30 heavy (non-hydrogen) atoms. The lowest BCUT2D eigenvalue weighted by molar-refractivity contribution is -0.678. The summed E-state index contributed by atoms with van der Waals surface area (Å²) < 4.78 is 1.97. The zero-order chi connectivity index (χ0) is 21.1. The highest BCUT2D eigenvalue weighted by Crippen LogP contribution is 2.46. The summed E-state index contributed by atoms with van der Waals surface area (Å²) in [6.07, 6.45) is 7.49. The third kappa shape index (κ3) is 4.25. The molecule has 0 bridgehead atoms. The van der Waals surface area contributed by atoms with Crippen molar-refractivity contribution in [2.45, 2.75) is 24.5 Å². The summed E-state index contributed by atoms with van der Waals surface area (Å²) in [6.45, 7) is 3.11. The predicted octanol–water partition coefficient (Wildman–Crippen LogP) is 4.62. The van der Waals surface area contributed by atoms with Crippen LogP contribution in [0, 0.1) is 0 Å². The number of hydrogen-bond acceptors (Lipinski definition) is 4. The van der Waals surface area contributed by atoms with Crippen molar-refractivity contribution in [2.75, 3.05) is 18.1 Å². The molecule has 0 amide bonds. The molecule has 1 aliphatic rings. The van der Waals surface area contributed by atoms with E-state index in [2.05, 4.69) is 42.2 Å². The maximum Gasteiger partial charge on any atom is 0.213 e. The first kappa shape index (κ1) is 20.9. The number of benzene rings is 2. The molecule has 0 radical (unpaired) electrons. The molecule has 0 saturated heterocycles. The molecular formula is C24H24ClN2O2S+. The van der Waals surface area contributed by atoms with Gasteiger partial charge < -0.3 is 15.1 Å². The number of pyridine rings is 1. The number of aromatic nitrogens is 1. The number of aliphatic hydroxyl groups is 2. The monoisotopic (exact) mass is 439 g/mol. The molecule has 1 atom stereocenters. The van der Waals surface area contributed by atoms with Crippen molar-refractivity contribution in [1.29, 1.82) is 0 Å². The first-order valence-corrected chi connectivity index (χ1v) is 11.1. The summed E-state index contributed by atoms with van der Waals surface area (Å²) in [6, 6.07) is 16.1. The molecule has 4 nitrogen and oxygen atoms in total. The van der Waals surface area contributed by atoms with E-state index in [0.29, 0.717) is 6.54 Å². The summed E-state index contributed by atoms with van der Waals surface area (Å²) in [5.74, 6) is 0. The van der Waals surface area contributed by atoms with E-state index < -0.39 is 6.10 Å². The number of rotatable bonds is 6. The van der Waals surface area contributed by atoms with Crippen molar-refractivity contribution in [3.63, 3.8) is 0 Å². The van der Waals surface area contributed by atoms with Gasteiger partial charge in [-0.3, -0.25) is 0 Å². The van der Waals surface area contributed by atoms with Crippen LogP contribution in [-0.2, 0) is 6.54 Å². The van der Waals surface area contributed by atoms with E-state index in [1.165, 1.54) is 9.92 Å². The summed E-state index contributed by atoms with van der Waals surface area (Å²) in [7, 11) is 0. The SMILES string of the molecule is CCN1/C(=C/C=C/c2cc[n+](CC(O)CO)c3ccccc23)Sc2ccc(Cl)cc21. The molecule has 0 aliphatic carbocycles. The first-order valence-electron chi connectivity index (χ1n) is 9.94. The number of halogens is 1. The van der Waals surface area contributed by atoms with Gasteiger partial charge in [-0.1, -0.05) is 47.6 Å². The zero-order valence-corrected chi connectivity index (χ0v) is 18.3. The highest BCUT2D eigenvalue weighted by Gasteiger charge is 2.23. The molecule has 4 rings (SSSR count). The van der Waals surface area contributed by atoms with Gasteiger partial charge in [0, 0.05) is 28.6 Å². The van der Waals surface area contributed by atoms with Crippen LogP contribution in [0.5, 0.6) is 0 Å². The maximum absolute atomic E-state index is 9.83. The summed E-state index contributed by atoms with van der Waals surface area (Å²) in [5.41, 5.74) is 3.28. The van der Waals surface area contributed by atoms with E-state index in [-0.39, 0.29) is 6.61 Å². The molecule has 0 fully saturated rings. The lowest BCUT2D eigenvalue weighted by Crippen LogP contribution is -2.41. The van der Waals surface area contributed by atoms with Crippen LogP contribution in [0.15, 0.2) is 76.8 Å². The fourth-order valence-electron chi connectivity index (χ4n) is 3.66. The molecule has 6 heteroatoms. The van der Waals surface area contributed by atoms with Crippen LogP contribution in [0.4, 0.5) is 5.69 Å². The topological polar surface area (TPSA) is 47.6 Å². The number of allylic oxidation sites excluding steroid dienone is 2. The van der Waals surface area contributed by atoms with E-state index in [1.807, 2.05) is 47.2 Å². The van der Waals surface area contributed by atoms with Crippen LogP contribution in [0.2, 0.25) is 5.02 Å². The van der Waals surface area contributed by atoms with Crippen molar-refractivity contribution in [2.24, 2.45) is 0 Å². The molecule has 0 spiro atoms. The van der Waals surface area contributed by atoms with Crippen LogP contribution >= 0.6 is 23.4 Å². The molecule has 1 unspecified atom stereocenters. The number of para-hydroxylation sites is 1. The number of thioether (sulfide) groups is 1. The Morgan fingerprint density at radius 3 is 2.83 bits per heavy atom. The third-order valence-electron chi connectivity index (χ3n) is 5.10. The molecule has 2 N–H and O–H groups in total. The highest BCUT2D eigenvalue weighted by atomic mass is 35.5. The third-order valence-corrected chi connectivity index (χ3v) is 6.47. The van der Waals surface area contributed by atoms with Gasteiger partial charge in [0.15, 0.2) is 12.7 Å². The van der Waals surface area contributed by atoms with Crippen molar-refractivity contribution in [3.05, 3.63) is 82.5 Å². The quantitative estimate of drug-likeness (QED) is 0.550. The van der Waals surface area contributed by atoms with Crippen molar-refractivity contribution >= 4 is 46.0 Å². The van der Waals surface area contributed by atoms with Gasteiger partial charge >= 0.3 is 0 Å². The first-order chi connectivity index (χ1) is 14.6. The molecule has 154 valence electrons. The number of aliphatic hydroxyl groups excluding tert-OH is 2. The number of fused-ring (bicyclic) bond motifs is 2. The van der Waals surface area contributed by atoms with E-state index in [0.717, 1.165) is 33.7 Å². The van der Waals surface area contributed by atoms with E-state index in [1.54, 1.807) is 11.8 Å². The van der Waals surface area contributed by atoms with Crippen LogP contribution in [-0.4, -0.2) is 29.5 Å². The zero-order valence-electron chi connectivity index (χ0n) is 16.7. The normalized spacial score (nSPS) is 16.0. The van der Waals surface area contributed by atoms with Crippen LogP contribution < -0.4 is 9.47 Å². The molecule has 2 heterocycles. The van der Waals surface area contributed by atoms with Gasteiger partial charge in [-0.15, -0.1) is 0 Å². The van der Waals surface area contributed by atoms with E-state index in [4.69, 9.17) is 11.6 Å². The fourth-order valence-corrected chi connectivity index (χ4v) is 4.94. The molecule has 3 aromatic rings. The number of anilines is 1. The summed E-state index contributed by atoms with van der Waals surface area (Å²) >= 11 is 7.94. The van der Waals surface area contributed by atoms with Crippen LogP contribution in [0.1, 0.15) is 12.5 Å². The second-order valence-electron chi connectivity index (χ2n) is 7.10. The summed E-state index contributed by atoms with van der Waals surface area (Å²) in [4.78, 5) is 3.48. The van der Waals surface area contributed by atoms with Crippen molar-refractivity contribution in [3.8, 4) is 0 Å². The second kappa shape index (κ2) is 9.23. The Morgan fingerprint density at radius 2 is 2.03 bits per heavy atom. The predicted molar refractivity (Wildman–Crippen MR) is 125 cm³/mol. The Morgan fingerprint density at radius 1 is 1.20 bits per heavy atom. The van der Waals surface area contributed by atoms with Gasteiger partial charge in [0.2, 0.25) is 5.52 Å². The average molecular weight is 440 g/mol. The van der Waals surface area contributed by atoms with E-state index in [9.17, 15) is 10.2 Å². The Balaban J connectivity index is 1.63. The van der Waals surface area contributed by atoms with Crippen molar-refractivity contribution in [1.82, 2.24) is 0 Å². The Labute approximate surface area is 185 Å². The average Bonchev–Trinajstić information content (AvgIpc) is 3.11. The Kier molecular flexibility index (Phi) is 6.44. The van der Waals surface area contributed by atoms with Crippen molar-refractivity contribution < 1.29 is 14.8 Å². The minimum absolute atomic E-state index is 0.254. The van der Waals surface area contributed by atoms with Gasteiger partial charge in [0.25, 0.3) is 0 Å². The largest absolute Gasteiger partial charge is 0.393 e. The number of hydrogen-bond donors (Lipinski definition) is 2. The van der Waals surface area contributed by atoms with E-state index >= 15 is 0 Å². The van der Waals surface area contributed by atoms with Crippen LogP contribution in [0.25, 0.3) is 17.0 Å². The minimum Gasteiger partial charge on any atom is -0.393 e. The molecule has 1 aliphatic heterocycles. The molecule has 1 aromatic heterocycles. The molecule has 0 saturated carbocycles. The van der Waals surface area contributed by atoms with Gasteiger partial charge in [-0.2, -0.15) is 4.57 Å². The van der Waals surface area contributed by atoms with Gasteiger partial charge in [0.1, 0.15) is 6.10 Å².